The fourth-order valence-electron chi connectivity index (χ4n) is 0.608. The molecule has 0 atom stereocenters. The van der Waals surface area contributed by atoms with Gasteiger partial charge in [0.25, 0.3) is 0 Å². The predicted molar refractivity (Wildman–Crippen MR) is 53.2 cm³/mol. The first-order valence-electron chi connectivity index (χ1n) is 4.58. The number of carbonyl (C=O) groups excluding carboxylic acids is 1. The summed E-state index contributed by atoms with van der Waals surface area (Å²) in [6.07, 6.45) is 0.999. The Labute approximate surface area is 76.1 Å². The van der Waals surface area contributed by atoms with E-state index in [0.29, 0.717) is 6.54 Å². The number of rotatable bonds is 4. The maximum absolute atomic E-state index is 10.9. The van der Waals surface area contributed by atoms with Crippen molar-refractivity contribution >= 4 is 5.91 Å². The van der Waals surface area contributed by atoms with E-state index in [4.69, 9.17) is 0 Å². The van der Waals surface area contributed by atoms with E-state index in [-0.39, 0.29) is 5.91 Å². The van der Waals surface area contributed by atoms with Crippen LogP contribution in [0, 0.1) is 0 Å². The molecule has 12 heavy (non-hydrogen) atoms. The standard InChI is InChI=1S/C7H16N2O.C2H6/c1-4-5-8-7(10)6-9(2)3;1-2/h4-6H2,1-3H3,(H,8,10);1-2H3. The second-order valence-electron chi connectivity index (χ2n) is 2.59. The van der Waals surface area contributed by atoms with Crippen molar-refractivity contribution in [1.82, 2.24) is 10.2 Å². The van der Waals surface area contributed by atoms with Gasteiger partial charge in [-0.1, -0.05) is 20.8 Å². The second kappa shape index (κ2) is 10.4. The molecule has 0 heterocycles. The summed E-state index contributed by atoms with van der Waals surface area (Å²) in [6, 6.07) is 0. The van der Waals surface area contributed by atoms with Crippen molar-refractivity contribution in [2.24, 2.45) is 0 Å². The lowest BCUT2D eigenvalue weighted by atomic mass is 10.4. The van der Waals surface area contributed by atoms with Crippen LogP contribution in [0.2, 0.25) is 0 Å². The molecule has 0 saturated carbocycles. The summed E-state index contributed by atoms with van der Waals surface area (Å²) >= 11 is 0. The highest BCUT2D eigenvalue weighted by Crippen LogP contribution is 1.75. The zero-order chi connectivity index (χ0) is 9.98. The zero-order valence-corrected chi connectivity index (χ0v) is 8.98. The Morgan fingerprint density at radius 3 is 2.17 bits per heavy atom. The molecule has 0 unspecified atom stereocenters. The van der Waals surface area contributed by atoms with Crippen LogP contribution in [-0.2, 0) is 4.79 Å². The monoisotopic (exact) mass is 174 g/mol. The molecule has 1 amide bonds. The average Bonchev–Trinajstić information content (AvgIpc) is 2.03. The molecule has 0 aliphatic carbocycles. The van der Waals surface area contributed by atoms with Crippen LogP contribution in [0.4, 0.5) is 0 Å². The number of nitrogens with one attached hydrogen (secondary N) is 1. The second-order valence-corrected chi connectivity index (χ2v) is 2.59. The summed E-state index contributed by atoms with van der Waals surface area (Å²) in [5.74, 6) is 0.104. The molecule has 0 radical (unpaired) electrons. The lowest BCUT2D eigenvalue weighted by molar-refractivity contribution is -0.121. The lowest BCUT2D eigenvalue weighted by Crippen LogP contribution is -2.33. The average molecular weight is 174 g/mol. The summed E-state index contributed by atoms with van der Waals surface area (Å²) in [5, 5.41) is 2.78. The summed E-state index contributed by atoms with van der Waals surface area (Å²) in [4.78, 5) is 12.7. The van der Waals surface area contributed by atoms with Gasteiger partial charge in [-0.25, -0.2) is 0 Å². The van der Waals surface area contributed by atoms with Crippen LogP contribution in [0.15, 0.2) is 0 Å². The summed E-state index contributed by atoms with van der Waals surface area (Å²) in [7, 11) is 3.76. The first-order chi connectivity index (χ1) is 5.66. The number of hydrogen-bond donors (Lipinski definition) is 1. The number of hydrogen-bond acceptors (Lipinski definition) is 2. The fourth-order valence-corrected chi connectivity index (χ4v) is 0.608. The number of carbonyl (C=O) groups is 1. The van der Waals surface area contributed by atoms with E-state index in [1.807, 2.05) is 39.8 Å². The van der Waals surface area contributed by atoms with Crippen molar-refractivity contribution in [3.63, 3.8) is 0 Å². The first-order valence-corrected chi connectivity index (χ1v) is 4.58. The van der Waals surface area contributed by atoms with Crippen LogP contribution in [-0.4, -0.2) is 38.0 Å². The van der Waals surface area contributed by atoms with Gasteiger partial charge in [0, 0.05) is 6.54 Å². The predicted octanol–water partition coefficient (Wildman–Crippen LogP) is 1.10. The van der Waals surface area contributed by atoms with Crippen LogP contribution < -0.4 is 5.32 Å². The maximum Gasteiger partial charge on any atom is 0.234 e. The molecule has 0 rings (SSSR count). The molecule has 1 N–H and O–H groups in total. The summed E-state index contributed by atoms with van der Waals surface area (Å²) in [5.41, 5.74) is 0. The van der Waals surface area contributed by atoms with E-state index < -0.39 is 0 Å². The van der Waals surface area contributed by atoms with Crippen LogP contribution in [0.25, 0.3) is 0 Å². The van der Waals surface area contributed by atoms with E-state index in [9.17, 15) is 4.79 Å². The molecule has 0 fully saturated rings. The highest BCUT2D eigenvalue weighted by atomic mass is 16.1. The van der Waals surface area contributed by atoms with Crippen LogP contribution in [0.3, 0.4) is 0 Å². The molecule has 0 aromatic heterocycles. The summed E-state index contributed by atoms with van der Waals surface area (Å²) in [6.45, 7) is 7.31. The molecule has 0 aromatic carbocycles. The van der Waals surface area contributed by atoms with Gasteiger partial charge in [0.15, 0.2) is 0 Å². The Bertz CT molecular complexity index is 103. The van der Waals surface area contributed by atoms with Crippen molar-refractivity contribution in [2.45, 2.75) is 27.2 Å². The van der Waals surface area contributed by atoms with E-state index in [1.54, 1.807) is 0 Å². The minimum absolute atomic E-state index is 0.104. The van der Waals surface area contributed by atoms with Gasteiger partial charge >= 0.3 is 0 Å². The van der Waals surface area contributed by atoms with Crippen molar-refractivity contribution < 1.29 is 4.79 Å². The number of nitrogens with zero attached hydrogens (tertiary/aromatic N) is 1. The summed E-state index contributed by atoms with van der Waals surface area (Å²) < 4.78 is 0. The molecular formula is C9H22N2O. The molecule has 0 saturated heterocycles. The van der Waals surface area contributed by atoms with Gasteiger partial charge in [-0.2, -0.15) is 0 Å². The smallest absolute Gasteiger partial charge is 0.234 e. The topological polar surface area (TPSA) is 32.3 Å². The molecule has 0 aliphatic heterocycles. The molecule has 0 aliphatic rings. The molecule has 3 nitrogen and oxygen atoms in total. The molecule has 0 bridgehead atoms. The Kier molecular flexibility index (Phi) is 12.2. The van der Waals surface area contributed by atoms with E-state index >= 15 is 0 Å². The molecular weight excluding hydrogens is 152 g/mol. The van der Waals surface area contributed by atoms with Gasteiger partial charge < -0.3 is 10.2 Å². The van der Waals surface area contributed by atoms with E-state index in [1.165, 1.54) is 0 Å². The third-order valence-electron chi connectivity index (χ3n) is 1.03. The van der Waals surface area contributed by atoms with Gasteiger partial charge in [-0.15, -0.1) is 0 Å². The van der Waals surface area contributed by atoms with Gasteiger partial charge in [0.1, 0.15) is 0 Å². The van der Waals surface area contributed by atoms with Crippen molar-refractivity contribution in [2.75, 3.05) is 27.2 Å². The minimum Gasteiger partial charge on any atom is -0.355 e. The largest absolute Gasteiger partial charge is 0.355 e. The molecule has 0 aromatic rings. The van der Waals surface area contributed by atoms with E-state index in [2.05, 4.69) is 5.32 Å². The molecule has 0 spiro atoms. The van der Waals surface area contributed by atoms with E-state index in [0.717, 1.165) is 13.0 Å². The Morgan fingerprint density at radius 1 is 1.33 bits per heavy atom. The fraction of sp³-hybridized carbons (Fsp3) is 0.889. The van der Waals surface area contributed by atoms with Crippen LogP contribution >= 0.6 is 0 Å². The van der Waals surface area contributed by atoms with Gasteiger partial charge in [0.2, 0.25) is 5.91 Å². The van der Waals surface area contributed by atoms with Gasteiger partial charge in [0.05, 0.1) is 6.54 Å². The first kappa shape index (κ1) is 14.0. The third-order valence-corrected chi connectivity index (χ3v) is 1.03. The Balaban J connectivity index is 0. The van der Waals surface area contributed by atoms with Crippen LogP contribution in [0.5, 0.6) is 0 Å². The third kappa shape index (κ3) is 12.1. The Hall–Kier alpha value is -0.570. The van der Waals surface area contributed by atoms with Crippen molar-refractivity contribution in [1.29, 1.82) is 0 Å². The van der Waals surface area contributed by atoms with Gasteiger partial charge in [-0.3, -0.25) is 4.79 Å². The SMILES string of the molecule is CC.CCCNC(=O)CN(C)C. The zero-order valence-electron chi connectivity index (χ0n) is 8.98. The number of amides is 1. The molecule has 74 valence electrons. The number of likely N-dealkylation sites (N-methyl/N-ethyl adjacent to an activating group) is 1. The Morgan fingerprint density at radius 2 is 1.83 bits per heavy atom. The van der Waals surface area contributed by atoms with Crippen LogP contribution in [0.1, 0.15) is 27.2 Å². The minimum atomic E-state index is 0.104. The lowest BCUT2D eigenvalue weighted by Gasteiger charge is -2.08. The maximum atomic E-state index is 10.9. The molecule has 3 heteroatoms. The highest BCUT2D eigenvalue weighted by molar-refractivity contribution is 5.77. The quantitative estimate of drug-likeness (QED) is 0.692. The van der Waals surface area contributed by atoms with Crippen molar-refractivity contribution in [3.05, 3.63) is 0 Å². The van der Waals surface area contributed by atoms with Crippen molar-refractivity contribution in [3.8, 4) is 0 Å². The highest BCUT2D eigenvalue weighted by Gasteiger charge is 1.99. The van der Waals surface area contributed by atoms with Gasteiger partial charge in [-0.05, 0) is 20.5 Å². The normalized spacial score (nSPS) is 8.83.